The summed E-state index contributed by atoms with van der Waals surface area (Å²) in [4.78, 5) is 12.3. The van der Waals surface area contributed by atoms with Crippen LogP contribution in [0.4, 0.5) is 0 Å². The van der Waals surface area contributed by atoms with Crippen molar-refractivity contribution in [2.45, 2.75) is 20.4 Å². The lowest BCUT2D eigenvalue weighted by molar-refractivity contribution is 0.0950. The normalized spacial score (nSPS) is 10.5. The van der Waals surface area contributed by atoms with E-state index in [1.807, 2.05) is 68.6 Å². The summed E-state index contributed by atoms with van der Waals surface area (Å²) in [5.74, 6) is -0.0602. The van der Waals surface area contributed by atoms with Crippen molar-refractivity contribution in [3.05, 3.63) is 83.2 Å². The van der Waals surface area contributed by atoms with Crippen LogP contribution >= 0.6 is 0 Å². The highest BCUT2D eigenvalue weighted by molar-refractivity contribution is 5.95. The highest BCUT2D eigenvalue weighted by Gasteiger charge is 2.09. The second-order valence-corrected chi connectivity index (χ2v) is 5.63. The standard InChI is InChI=1S/C19H19N3O/c1-14-8-9-18(15(2)10-14)19(23)20-11-16-12-21-22(13-16)17-6-4-3-5-7-17/h3-10,12-13H,11H2,1-2H3,(H,20,23). The van der Waals surface area contributed by atoms with Crippen molar-refractivity contribution in [2.24, 2.45) is 0 Å². The molecule has 0 fully saturated rings. The van der Waals surface area contributed by atoms with Crippen molar-refractivity contribution in [1.29, 1.82) is 0 Å². The van der Waals surface area contributed by atoms with Gasteiger partial charge in [0.25, 0.3) is 5.91 Å². The van der Waals surface area contributed by atoms with E-state index in [1.165, 1.54) is 0 Å². The summed E-state index contributed by atoms with van der Waals surface area (Å²) in [6.07, 6.45) is 3.70. The molecule has 2 aromatic carbocycles. The number of nitrogens with one attached hydrogen (secondary N) is 1. The molecule has 0 atom stereocenters. The lowest BCUT2D eigenvalue weighted by Gasteiger charge is -2.07. The Kier molecular flexibility index (Phi) is 4.24. The van der Waals surface area contributed by atoms with Gasteiger partial charge in [-0.05, 0) is 37.6 Å². The summed E-state index contributed by atoms with van der Waals surface area (Å²) in [5.41, 5.74) is 4.82. The number of nitrogens with zero attached hydrogens (tertiary/aromatic N) is 2. The topological polar surface area (TPSA) is 46.9 Å². The van der Waals surface area contributed by atoms with Crippen LogP contribution in [-0.2, 0) is 6.54 Å². The van der Waals surface area contributed by atoms with Gasteiger partial charge in [-0.25, -0.2) is 4.68 Å². The molecule has 0 aliphatic rings. The first kappa shape index (κ1) is 15.0. The Labute approximate surface area is 135 Å². The molecule has 4 heteroatoms. The van der Waals surface area contributed by atoms with Crippen molar-refractivity contribution in [3.8, 4) is 5.69 Å². The highest BCUT2D eigenvalue weighted by Crippen LogP contribution is 2.11. The fraction of sp³-hybridized carbons (Fsp3) is 0.158. The number of aromatic nitrogens is 2. The number of carbonyl (C=O) groups excluding carboxylic acids is 1. The smallest absolute Gasteiger partial charge is 0.251 e. The molecule has 0 saturated heterocycles. The van der Waals surface area contributed by atoms with Crippen LogP contribution < -0.4 is 5.32 Å². The molecule has 1 aromatic heterocycles. The summed E-state index contributed by atoms with van der Waals surface area (Å²) < 4.78 is 1.80. The summed E-state index contributed by atoms with van der Waals surface area (Å²) in [5, 5.41) is 7.28. The monoisotopic (exact) mass is 305 g/mol. The van der Waals surface area contributed by atoms with Gasteiger partial charge in [0, 0.05) is 23.9 Å². The minimum atomic E-state index is -0.0602. The second-order valence-electron chi connectivity index (χ2n) is 5.63. The van der Waals surface area contributed by atoms with Crippen LogP contribution in [-0.4, -0.2) is 15.7 Å². The molecule has 0 aliphatic heterocycles. The van der Waals surface area contributed by atoms with E-state index in [0.29, 0.717) is 12.1 Å². The van der Waals surface area contributed by atoms with Crippen LogP contribution in [0, 0.1) is 13.8 Å². The van der Waals surface area contributed by atoms with Crippen LogP contribution in [0.5, 0.6) is 0 Å². The Morgan fingerprint density at radius 3 is 2.65 bits per heavy atom. The number of carbonyl (C=O) groups is 1. The van der Waals surface area contributed by atoms with Gasteiger partial charge >= 0.3 is 0 Å². The number of benzene rings is 2. The first-order valence-electron chi connectivity index (χ1n) is 7.58. The molecule has 0 unspecified atom stereocenters. The highest BCUT2D eigenvalue weighted by atomic mass is 16.1. The zero-order valence-corrected chi connectivity index (χ0v) is 13.3. The van der Waals surface area contributed by atoms with Crippen molar-refractivity contribution >= 4 is 5.91 Å². The molecular weight excluding hydrogens is 286 g/mol. The molecule has 0 saturated carbocycles. The van der Waals surface area contributed by atoms with Crippen LogP contribution in [0.15, 0.2) is 60.9 Å². The van der Waals surface area contributed by atoms with E-state index in [2.05, 4.69) is 10.4 Å². The molecule has 0 spiro atoms. The van der Waals surface area contributed by atoms with E-state index in [-0.39, 0.29) is 5.91 Å². The van der Waals surface area contributed by atoms with Crippen molar-refractivity contribution < 1.29 is 4.79 Å². The van der Waals surface area contributed by atoms with Gasteiger partial charge in [0.15, 0.2) is 0 Å². The molecule has 1 N–H and O–H groups in total. The molecule has 23 heavy (non-hydrogen) atoms. The molecule has 1 heterocycles. The fourth-order valence-corrected chi connectivity index (χ4v) is 2.52. The quantitative estimate of drug-likeness (QED) is 0.803. The Balaban J connectivity index is 1.67. The van der Waals surface area contributed by atoms with E-state index in [4.69, 9.17) is 0 Å². The van der Waals surface area contributed by atoms with Crippen molar-refractivity contribution in [3.63, 3.8) is 0 Å². The molecule has 116 valence electrons. The molecule has 3 aromatic rings. The minimum Gasteiger partial charge on any atom is -0.348 e. The molecule has 4 nitrogen and oxygen atoms in total. The summed E-state index contributed by atoms with van der Waals surface area (Å²) in [6.45, 7) is 4.43. The Morgan fingerprint density at radius 2 is 1.91 bits per heavy atom. The predicted molar refractivity (Wildman–Crippen MR) is 90.7 cm³/mol. The molecule has 1 amide bonds. The molecule has 3 rings (SSSR count). The second kappa shape index (κ2) is 6.48. The fourth-order valence-electron chi connectivity index (χ4n) is 2.52. The number of hydrogen-bond acceptors (Lipinski definition) is 2. The van der Waals surface area contributed by atoms with Gasteiger partial charge in [-0.3, -0.25) is 4.79 Å². The van der Waals surface area contributed by atoms with Gasteiger partial charge in [0.05, 0.1) is 11.9 Å². The van der Waals surface area contributed by atoms with Crippen molar-refractivity contribution in [1.82, 2.24) is 15.1 Å². The third-order valence-corrected chi connectivity index (χ3v) is 3.74. The zero-order valence-electron chi connectivity index (χ0n) is 13.3. The number of hydrogen-bond donors (Lipinski definition) is 1. The van der Waals surface area contributed by atoms with E-state index < -0.39 is 0 Å². The van der Waals surface area contributed by atoms with E-state index >= 15 is 0 Å². The first-order chi connectivity index (χ1) is 11.1. The molecule has 0 radical (unpaired) electrons. The lowest BCUT2D eigenvalue weighted by atomic mass is 10.1. The van der Waals surface area contributed by atoms with Gasteiger partial charge in [0.2, 0.25) is 0 Å². The SMILES string of the molecule is Cc1ccc(C(=O)NCc2cnn(-c3ccccc3)c2)c(C)c1. The van der Waals surface area contributed by atoms with Gasteiger partial charge in [0.1, 0.15) is 0 Å². The summed E-state index contributed by atoms with van der Waals surface area (Å²) in [6, 6.07) is 15.7. The van der Waals surface area contributed by atoms with Crippen LogP contribution in [0.1, 0.15) is 27.0 Å². The predicted octanol–water partition coefficient (Wildman–Crippen LogP) is 3.42. The van der Waals surface area contributed by atoms with Crippen LogP contribution in [0.25, 0.3) is 5.69 Å². The average molecular weight is 305 g/mol. The third-order valence-electron chi connectivity index (χ3n) is 3.74. The Morgan fingerprint density at radius 1 is 1.13 bits per heavy atom. The lowest BCUT2D eigenvalue weighted by Crippen LogP contribution is -2.23. The molecular formula is C19H19N3O. The maximum atomic E-state index is 12.3. The van der Waals surface area contributed by atoms with E-state index in [0.717, 1.165) is 22.4 Å². The van der Waals surface area contributed by atoms with Gasteiger partial charge < -0.3 is 5.32 Å². The maximum absolute atomic E-state index is 12.3. The number of rotatable bonds is 4. The minimum absolute atomic E-state index is 0.0602. The first-order valence-corrected chi connectivity index (χ1v) is 7.58. The van der Waals surface area contributed by atoms with Crippen LogP contribution in [0.2, 0.25) is 0 Å². The Bertz CT molecular complexity index is 822. The van der Waals surface area contributed by atoms with E-state index in [1.54, 1.807) is 10.9 Å². The summed E-state index contributed by atoms with van der Waals surface area (Å²) in [7, 11) is 0. The van der Waals surface area contributed by atoms with Crippen molar-refractivity contribution in [2.75, 3.05) is 0 Å². The molecule has 0 bridgehead atoms. The Hall–Kier alpha value is -2.88. The zero-order chi connectivity index (χ0) is 16.2. The van der Waals surface area contributed by atoms with Crippen LogP contribution in [0.3, 0.4) is 0 Å². The van der Waals surface area contributed by atoms with Gasteiger partial charge in [-0.2, -0.15) is 5.10 Å². The van der Waals surface area contributed by atoms with Gasteiger partial charge in [-0.1, -0.05) is 35.9 Å². The molecule has 0 aliphatic carbocycles. The maximum Gasteiger partial charge on any atom is 0.251 e. The number of amides is 1. The largest absolute Gasteiger partial charge is 0.348 e. The number of aryl methyl sites for hydroxylation is 2. The number of para-hydroxylation sites is 1. The average Bonchev–Trinajstić information content (AvgIpc) is 3.02. The van der Waals surface area contributed by atoms with Gasteiger partial charge in [-0.15, -0.1) is 0 Å². The van der Waals surface area contributed by atoms with E-state index in [9.17, 15) is 4.79 Å². The summed E-state index contributed by atoms with van der Waals surface area (Å²) >= 11 is 0. The third kappa shape index (κ3) is 3.48.